The summed E-state index contributed by atoms with van der Waals surface area (Å²) < 4.78 is 89.7. The minimum atomic E-state index is -4.93. The summed E-state index contributed by atoms with van der Waals surface area (Å²) >= 11 is 0. The maximum Gasteiger partial charge on any atom is 0.416 e. The van der Waals surface area contributed by atoms with E-state index in [0.717, 1.165) is 61.5 Å². The van der Waals surface area contributed by atoms with Crippen molar-refractivity contribution < 1.29 is 31.1 Å². The lowest BCUT2D eigenvalue weighted by Gasteiger charge is -2.28. The second-order valence-electron chi connectivity index (χ2n) is 11.8. The van der Waals surface area contributed by atoms with Crippen molar-refractivity contribution >= 4 is 38.1 Å². The van der Waals surface area contributed by atoms with E-state index in [2.05, 4.69) is 18.8 Å². The van der Waals surface area contributed by atoms with Crippen molar-refractivity contribution in [1.29, 1.82) is 0 Å². The monoisotopic (exact) mass is 610 g/mol. The van der Waals surface area contributed by atoms with Crippen LogP contribution < -0.4 is 4.74 Å². The molecule has 228 valence electrons. The van der Waals surface area contributed by atoms with E-state index < -0.39 is 23.5 Å². The van der Waals surface area contributed by atoms with Gasteiger partial charge in [0.25, 0.3) is 0 Å². The summed E-state index contributed by atoms with van der Waals surface area (Å²) in [6, 6.07) is 13.8. The van der Waals surface area contributed by atoms with Gasteiger partial charge in [-0.05, 0) is 41.8 Å². The third kappa shape index (κ3) is 4.74. The number of H-pyrrole nitrogens is 1. The summed E-state index contributed by atoms with van der Waals surface area (Å²) in [7, 11) is 0. The van der Waals surface area contributed by atoms with Crippen molar-refractivity contribution in [3.63, 3.8) is 0 Å². The van der Waals surface area contributed by atoms with E-state index >= 15 is 0 Å². The Morgan fingerprint density at radius 3 is 2.45 bits per heavy atom. The van der Waals surface area contributed by atoms with Gasteiger partial charge in [-0.3, -0.25) is 4.90 Å². The van der Waals surface area contributed by atoms with Gasteiger partial charge in [0, 0.05) is 64.9 Å². The van der Waals surface area contributed by atoms with Crippen molar-refractivity contribution in [2.45, 2.75) is 45.7 Å². The molecule has 44 heavy (non-hydrogen) atoms. The Balaban J connectivity index is 1.39. The van der Waals surface area contributed by atoms with Gasteiger partial charge in [0.2, 0.25) is 0 Å². The predicted molar refractivity (Wildman–Crippen MR) is 157 cm³/mol. The second kappa shape index (κ2) is 10.2. The van der Waals surface area contributed by atoms with Crippen LogP contribution in [0.15, 0.2) is 60.8 Å². The van der Waals surface area contributed by atoms with Crippen LogP contribution in [0.4, 0.5) is 26.3 Å². The molecule has 0 aliphatic carbocycles. The molecule has 0 bridgehead atoms. The van der Waals surface area contributed by atoms with E-state index in [1.807, 2.05) is 52.0 Å². The van der Waals surface area contributed by atoms with Crippen LogP contribution in [-0.2, 0) is 31.9 Å². The zero-order valence-electron chi connectivity index (χ0n) is 23.9. The highest BCUT2D eigenvalue weighted by Crippen LogP contribution is 2.42. The van der Waals surface area contributed by atoms with Gasteiger partial charge in [0.15, 0.2) is 0 Å². The standard InChI is InChI=1S/C33H28F6N4O/c1-18(2)17-44-28-5-3-4-22-29-21-10-12-40-26(21)9-8-23(29)30-24-16-42(13-11-27(24)41-43(30)31(22)28)15-19-6-7-20(32(34,35)36)14-25(19)33(37,38)39/h3-10,12,14,18,40H,11,13,15-17H2,1-2H3. The fraction of sp³-hybridized carbons (Fsp3) is 0.303. The summed E-state index contributed by atoms with van der Waals surface area (Å²) in [5, 5.41) is 8.98. The molecule has 7 rings (SSSR count). The van der Waals surface area contributed by atoms with Gasteiger partial charge in [-0.2, -0.15) is 31.4 Å². The topological polar surface area (TPSA) is 45.6 Å². The van der Waals surface area contributed by atoms with E-state index in [9.17, 15) is 26.3 Å². The summed E-state index contributed by atoms with van der Waals surface area (Å²) in [5.41, 5.74) is 1.57. The average molecular weight is 611 g/mol. The highest BCUT2D eigenvalue weighted by atomic mass is 19.4. The lowest BCUT2D eigenvalue weighted by atomic mass is 9.97. The zero-order chi connectivity index (χ0) is 31.0. The van der Waals surface area contributed by atoms with Crippen molar-refractivity contribution in [2.24, 2.45) is 5.92 Å². The molecular formula is C33H28F6N4O. The first-order valence-corrected chi connectivity index (χ1v) is 14.4. The Labute approximate surface area is 248 Å². The lowest BCUT2D eigenvalue weighted by Crippen LogP contribution is -2.30. The second-order valence-corrected chi connectivity index (χ2v) is 11.8. The number of aromatic amines is 1. The van der Waals surface area contributed by atoms with Crippen LogP contribution in [0.1, 0.15) is 41.8 Å². The number of aromatic nitrogens is 3. The fourth-order valence-electron chi connectivity index (χ4n) is 6.33. The molecule has 0 unspecified atom stereocenters. The van der Waals surface area contributed by atoms with Gasteiger partial charge in [-0.25, -0.2) is 4.52 Å². The molecular weight excluding hydrogens is 582 g/mol. The first-order chi connectivity index (χ1) is 20.9. The number of ether oxygens (including phenoxy) is 1. The van der Waals surface area contributed by atoms with Gasteiger partial charge in [-0.15, -0.1) is 0 Å². The number of benzene rings is 3. The van der Waals surface area contributed by atoms with Crippen molar-refractivity contribution in [3.8, 4) is 5.75 Å². The third-order valence-corrected chi connectivity index (χ3v) is 8.29. The Morgan fingerprint density at radius 2 is 1.70 bits per heavy atom. The molecule has 0 saturated carbocycles. The van der Waals surface area contributed by atoms with E-state index in [1.54, 1.807) is 0 Å². The van der Waals surface area contributed by atoms with Crippen molar-refractivity contribution in [2.75, 3.05) is 13.2 Å². The Morgan fingerprint density at radius 1 is 0.909 bits per heavy atom. The number of nitrogens with zero attached hydrogens (tertiary/aromatic N) is 3. The highest BCUT2D eigenvalue weighted by molar-refractivity contribution is 6.24. The number of alkyl halides is 6. The molecule has 3 aromatic heterocycles. The molecule has 3 aromatic carbocycles. The number of halogens is 6. The molecule has 0 amide bonds. The molecule has 4 heterocycles. The molecule has 0 radical (unpaired) electrons. The van der Waals surface area contributed by atoms with Gasteiger partial charge in [0.1, 0.15) is 11.3 Å². The Bertz CT molecular complexity index is 2050. The van der Waals surface area contributed by atoms with E-state index in [4.69, 9.17) is 9.84 Å². The smallest absolute Gasteiger partial charge is 0.416 e. The summed E-state index contributed by atoms with van der Waals surface area (Å²) in [5.74, 6) is 0.982. The molecule has 11 heteroatoms. The number of para-hydroxylation sites is 1. The van der Waals surface area contributed by atoms with E-state index in [1.165, 1.54) is 0 Å². The minimum Gasteiger partial charge on any atom is -0.491 e. The summed E-state index contributed by atoms with van der Waals surface area (Å²) in [6.07, 6.45) is -7.44. The van der Waals surface area contributed by atoms with E-state index in [0.29, 0.717) is 31.2 Å². The quantitative estimate of drug-likeness (QED) is 0.157. The molecule has 1 N–H and O–H groups in total. The SMILES string of the molecule is CC(C)COc1cccc2c3c4cc[nH]c4ccc3c3c4c(nn3c12)CCN(Cc1ccc(C(F)(F)F)cc1C(F)(F)F)C4. The fourth-order valence-corrected chi connectivity index (χ4v) is 6.33. The first kappa shape index (κ1) is 28.5. The predicted octanol–water partition coefficient (Wildman–Crippen LogP) is 8.75. The third-order valence-electron chi connectivity index (χ3n) is 8.29. The largest absolute Gasteiger partial charge is 0.491 e. The van der Waals surface area contributed by atoms with Crippen LogP contribution >= 0.6 is 0 Å². The number of pyridine rings is 1. The van der Waals surface area contributed by atoms with Crippen LogP contribution in [-0.4, -0.2) is 32.6 Å². The van der Waals surface area contributed by atoms with Gasteiger partial charge >= 0.3 is 12.4 Å². The van der Waals surface area contributed by atoms with Gasteiger partial charge in [-0.1, -0.05) is 38.1 Å². The number of hydrogen-bond donors (Lipinski definition) is 1. The molecule has 1 aliphatic rings. The van der Waals surface area contributed by atoms with Crippen LogP contribution in [0.3, 0.4) is 0 Å². The lowest BCUT2D eigenvalue weighted by molar-refractivity contribution is -0.143. The number of rotatable bonds is 5. The molecule has 6 aromatic rings. The maximum absolute atomic E-state index is 13.9. The maximum atomic E-state index is 13.9. The van der Waals surface area contributed by atoms with Gasteiger partial charge in [0.05, 0.1) is 28.9 Å². The number of fused-ring (bicyclic) bond motifs is 10. The summed E-state index contributed by atoms with van der Waals surface area (Å²) in [4.78, 5) is 5.12. The van der Waals surface area contributed by atoms with E-state index in [-0.39, 0.29) is 24.7 Å². The Kier molecular flexibility index (Phi) is 6.58. The minimum absolute atomic E-state index is 0.153. The average Bonchev–Trinajstić information content (AvgIpc) is 3.59. The summed E-state index contributed by atoms with van der Waals surface area (Å²) in [6.45, 7) is 5.20. The van der Waals surface area contributed by atoms with Crippen LogP contribution in [0.25, 0.3) is 38.1 Å². The zero-order valence-corrected chi connectivity index (χ0v) is 23.9. The molecule has 0 atom stereocenters. The van der Waals surface area contributed by atoms with Crippen molar-refractivity contribution in [1.82, 2.24) is 19.5 Å². The highest BCUT2D eigenvalue weighted by Gasteiger charge is 2.38. The van der Waals surface area contributed by atoms with Crippen LogP contribution in [0, 0.1) is 5.92 Å². The molecule has 5 nitrogen and oxygen atoms in total. The number of hydrogen-bond acceptors (Lipinski definition) is 3. The normalized spacial score (nSPS) is 14.8. The van der Waals surface area contributed by atoms with Gasteiger partial charge < -0.3 is 9.72 Å². The van der Waals surface area contributed by atoms with Crippen LogP contribution in [0.2, 0.25) is 0 Å². The molecule has 0 saturated heterocycles. The molecule has 1 aliphatic heterocycles. The Hall–Kier alpha value is -4.25. The molecule has 0 spiro atoms. The first-order valence-electron chi connectivity index (χ1n) is 14.4. The van der Waals surface area contributed by atoms with Crippen molar-refractivity contribution in [3.05, 3.63) is 88.7 Å². The number of nitrogens with one attached hydrogen (secondary N) is 1. The van der Waals surface area contributed by atoms with Crippen LogP contribution in [0.5, 0.6) is 5.75 Å². The molecule has 0 fully saturated rings.